The first-order valence-electron chi connectivity index (χ1n) is 6.99. The highest BCUT2D eigenvalue weighted by atomic mass is 16.5. The molecule has 3 nitrogen and oxygen atoms in total. The Bertz CT molecular complexity index is 584. The predicted octanol–water partition coefficient (Wildman–Crippen LogP) is 1.85. The molecular weight excluding hydrogens is 236 g/mol. The van der Waals surface area contributed by atoms with E-state index in [0.717, 1.165) is 0 Å². The molecule has 19 heavy (non-hydrogen) atoms. The van der Waals surface area contributed by atoms with Crippen molar-refractivity contribution in [1.82, 2.24) is 5.32 Å². The van der Waals surface area contributed by atoms with Crippen molar-refractivity contribution in [1.29, 1.82) is 0 Å². The minimum Gasteiger partial charge on any atom is -0.360 e. The van der Waals surface area contributed by atoms with Gasteiger partial charge < -0.3 is 15.8 Å². The number of dihydropyridines is 1. The fourth-order valence-electron chi connectivity index (χ4n) is 4.79. The van der Waals surface area contributed by atoms with E-state index in [1.165, 1.54) is 22.4 Å². The Balaban J connectivity index is 1.88. The van der Waals surface area contributed by atoms with Crippen LogP contribution in [-0.4, -0.2) is 18.9 Å². The van der Waals surface area contributed by atoms with Gasteiger partial charge in [0, 0.05) is 30.6 Å². The molecule has 4 rings (SSSR count). The van der Waals surface area contributed by atoms with Crippen LogP contribution in [-0.2, 0) is 4.74 Å². The van der Waals surface area contributed by atoms with Crippen LogP contribution in [0, 0.1) is 17.8 Å². The average Bonchev–Trinajstić information content (AvgIpc) is 2.96. The predicted molar refractivity (Wildman–Crippen MR) is 75.0 cm³/mol. The van der Waals surface area contributed by atoms with Crippen molar-refractivity contribution in [3.8, 4) is 0 Å². The molecular formula is C16H20N2O. The molecule has 1 heterocycles. The molecule has 3 heteroatoms. The number of nitrogens with two attached hydrogens (primary N) is 1. The van der Waals surface area contributed by atoms with E-state index < -0.39 is 0 Å². The Labute approximate surface area is 113 Å². The van der Waals surface area contributed by atoms with Crippen LogP contribution in [0.3, 0.4) is 0 Å². The number of hydrogen-bond donors (Lipinski definition) is 2. The van der Waals surface area contributed by atoms with Crippen molar-refractivity contribution in [3.63, 3.8) is 0 Å². The van der Waals surface area contributed by atoms with Gasteiger partial charge in [0.1, 0.15) is 6.23 Å². The first-order chi connectivity index (χ1) is 9.12. The van der Waals surface area contributed by atoms with E-state index in [-0.39, 0.29) is 11.8 Å². The summed E-state index contributed by atoms with van der Waals surface area (Å²) in [5.74, 6) is 1.41. The third-order valence-electron chi connectivity index (χ3n) is 5.38. The van der Waals surface area contributed by atoms with Gasteiger partial charge in [-0.2, -0.15) is 0 Å². The highest BCUT2D eigenvalue weighted by Gasteiger charge is 2.66. The maximum Gasteiger partial charge on any atom is 0.146 e. The van der Waals surface area contributed by atoms with Crippen LogP contribution in [0.25, 0.3) is 0 Å². The first kappa shape index (κ1) is 11.5. The first-order valence-corrected chi connectivity index (χ1v) is 6.99. The molecule has 0 amide bonds. The van der Waals surface area contributed by atoms with Crippen LogP contribution in [0.5, 0.6) is 0 Å². The molecule has 5 atom stereocenters. The summed E-state index contributed by atoms with van der Waals surface area (Å²) in [4.78, 5) is 0. The second kappa shape index (κ2) is 3.41. The molecule has 3 unspecified atom stereocenters. The summed E-state index contributed by atoms with van der Waals surface area (Å²) in [7, 11) is 1.73. The molecule has 100 valence electrons. The topological polar surface area (TPSA) is 47.3 Å². The lowest BCUT2D eigenvalue weighted by atomic mass is 9.73. The zero-order valence-corrected chi connectivity index (χ0v) is 11.6. The van der Waals surface area contributed by atoms with E-state index in [0.29, 0.717) is 17.8 Å². The number of fused-ring (bicyclic) bond motifs is 1. The lowest BCUT2D eigenvalue weighted by molar-refractivity contribution is 0.116. The lowest BCUT2D eigenvalue weighted by Crippen LogP contribution is -2.48. The molecule has 1 saturated carbocycles. The monoisotopic (exact) mass is 256 g/mol. The van der Waals surface area contributed by atoms with Gasteiger partial charge in [-0.05, 0) is 31.1 Å². The SMILES string of the molecule is C/C=C1\[C@H]2C=C(C)C3C2C2=C(C=CC(OC)N2)[C@]13N. The fraction of sp³-hybridized carbons (Fsp3) is 0.500. The fourth-order valence-corrected chi connectivity index (χ4v) is 4.79. The van der Waals surface area contributed by atoms with Crippen molar-refractivity contribution in [2.45, 2.75) is 25.6 Å². The van der Waals surface area contributed by atoms with E-state index in [9.17, 15) is 0 Å². The largest absolute Gasteiger partial charge is 0.360 e. The standard InChI is InChI=1S/C16H20N2O/c1-4-10-9-7-8(2)14-13(9)15-11(16(10,14)17)5-6-12(18-15)19-3/h4-7,9,12-14,18H,17H2,1-3H3/b10-4+/t9-,12?,13?,14?,16-/m1/s1. The van der Waals surface area contributed by atoms with Crippen LogP contribution in [0.2, 0.25) is 0 Å². The minimum absolute atomic E-state index is 0.0181. The Kier molecular flexibility index (Phi) is 2.06. The van der Waals surface area contributed by atoms with Gasteiger partial charge in [-0.25, -0.2) is 0 Å². The van der Waals surface area contributed by atoms with Gasteiger partial charge in [-0.15, -0.1) is 0 Å². The van der Waals surface area contributed by atoms with Crippen LogP contribution in [0.1, 0.15) is 13.8 Å². The summed E-state index contributed by atoms with van der Waals surface area (Å²) < 4.78 is 5.41. The Hall–Kier alpha value is -1.32. The van der Waals surface area contributed by atoms with Gasteiger partial charge in [-0.1, -0.05) is 23.8 Å². The summed E-state index contributed by atoms with van der Waals surface area (Å²) in [6.07, 6.45) is 8.84. The van der Waals surface area contributed by atoms with E-state index in [1.807, 2.05) is 0 Å². The summed E-state index contributed by atoms with van der Waals surface area (Å²) in [5, 5.41) is 3.52. The van der Waals surface area contributed by atoms with Crippen LogP contribution < -0.4 is 11.1 Å². The Morgan fingerprint density at radius 2 is 2.26 bits per heavy atom. The molecule has 1 aliphatic heterocycles. The third-order valence-corrected chi connectivity index (χ3v) is 5.38. The number of rotatable bonds is 1. The van der Waals surface area contributed by atoms with Gasteiger partial charge in [0.25, 0.3) is 0 Å². The maximum atomic E-state index is 6.87. The highest BCUT2D eigenvalue weighted by molar-refractivity contribution is 5.64. The normalized spacial score (nSPS) is 47.8. The second-order valence-corrected chi connectivity index (χ2v) is 6.04. The third kappa shape index (κ3) is 1.08. The number of allylic oxidation sites excluding steroid dienone is 3. The Morgan fingerprint density at radius 3 is 2.95 bits per heavy atom. The summed E-state index contributed by atoms with van der Waals surface area (Å²) in [5.41, 5.74) is 12.0. The number of ether oxygens (including phenoxy) is 1. The van der Waals surface area contributed by atoms with E-state index in [2.05, 4.69) is 43.5 Å². The molecule has 1 fully saturated rings. The van der Waals surface area contributed by atoms with Crippen LogP contribution in [0.15, 0.2) is 46.7 Å². The lowest BCUT2D eigenvalue weighted by Gasteiger charge is -2.38. The quantitative estimate of drug-likeness (QED) is 0.704. The molecule has 0 aromatic rings. The Morgan fingerprint density at radius 1 is 1.47 bits per heavy atom. The number of methoxy groups -OCH3 is 1. The molecule has 3 aliphatic carbocycles. The van der Waals surface area contributed by atoms with Crippen molar-refractivity contribution in [2.24, 2.45) is 23.5 Å². The van der Waals surface area contributed by atoms with Gasteiger partial charge in [0.2, 0.25) is 0 Å². The van der Waals surface area contributed by atoms with E-state index >= 15 is 0 Å². The van der Waals surface area contributed by atoms with Crippen LogP contribution in [0.4, 0.5) is 0 Å². The number of hydrogen-bond acceptors (Lipinski definition) is 3. The van der Waals surface area contributed by atoms with Gasteiger partial charge in [0.05, 0.1) is 5.54 Å². The smallest absolute Gasteiger partial charge is 0.146 e. The van der Waals surface area contributed by atoms with Gasteiger partial charge >= 0.3 is 0 Å². The van der Waals surface area contributed by atoms with Crippen molar-refractivity contribution < 1.29 is 4.74 Å². The van der Waals surface area contributed by atoms with Crippen molar-refractivity contribution in [2.75, 3.05) is 7.11 Å². The van der Waals surface area contributed by atoms with Crippen molar-refractivity contribution in [3.05, 3.63) is 46.7 Å². The average molecular weight is 256 g/mol. The van der Waals surface area contributed by atoms with E-state index in [1.54, 1.807) is 7.11 Å². The zero-order chi connectivity index (χ0) is 13.4. The molecule has 0 aromatic carbocycles. The summed E-state index contributed by atoms with van der Waals surface area (Å²) in [6, 6.07) is 0. The molecule has 0 aromatic heterocycles. The molecule has 0 saturated heterocycles. The maximum absolute atomic E-state index is 6.87. The van der Waals surface area contributed by atoms with Gasteiger partial charge in [0.15, 0.2) is 0 Å². The second-order valence-electron chi connectivity index (χ2n) is 6.04. The zero-order valence-electron chi connectivity index (χ0n) is 11.6. The summed E-state index contributed by atoms with van der Waals surface area (Å²) in [6.45, 7) is 4.34. The van der Waals surface area contributed by atoms with Crippen molar-refractivity contribution >= 4 is 0 Å². The van der Waals surface area contributed by atoms with E-state index in [4.69, 9.17) is 10.5 Å². The molecule has 4 aliphatic rings. The molecule has 3 N–H and O–H groups in total. The molecule has 0 spiro atoms. The molecule has 4 bridgehead atoms. The molecule has 0 radical (unpaired) electrons. The minimum atomic E-state index is -0.291. The number of nitrogens with one attached hydrogen (secondary N) is 1. The summed E-state index contributed by atoms with van der Waals surface area (Å²) >= 11 is 0. The van der Waals surface area contributed by atoms with Crippen LogP contribution >= 0.6 is 0 Å². The highest BCUT2D eigenvalue weighted by Crippen LogP contribution is 2.66. The van der Waals surface area contributed by atoms with Gasteiger partial charge in [-0.3, -0.25) is 0 Å².